The summed E-state index contributed by atoms with van der Waals surface area (Å²) in [7, 11) is 2.96. The normalized spacial score (nSPS) is 15.3. The maximum Gasteiger partial charge on any atom is 0.344 e. The minimum Gasteiger partial charge on any atom is -0.550 e. The lowest BCUT2D eigenvalue weighted by Crippen LogP contribution is -2.24. The van der Waals surface area contributed by atoms with Crippen molar-refractivity contribution in [3.63, 3.8) is 0 Å². The maximum atomic E-state index is 12.2. The molecular weight excluding hydrogens is 326 g/mol. The molecular formula is C18H16NO6-. The van der Waals surface area contributed by atoms with Gasteiger partial charge in [0.05, 0.1) is 14.2 Å². The third-order valence-electron chi connectivity index (χ3n) is 3.89. The number of ether oxygens (including phenoxy) is 3. The van der Waals surface area contributed by atoms with Crippen LogP contribution in [0.5, 0.6) is 11.5 Å². The monoisotopic (exact) mass is 342 g/mol. The van der Waals surface area contributed by atoms with Gasteiger partial charge in [0.15, 0.2) is 11.5 Å². The van der Waals surface area contributed by atoms with E-state index in [0.29, 0.717) is 33.9 Å². The van der Waals surface area contributed by atoms with Crippen molar-refractivity contribution >= 4 is 17.6 Å². The molecule has 0 aromatic heterocycles. The van der Waals surface area contributed by atoms with E-state index in [1.807, 2.05) is 0 Å². The van der Waals surface area contributed by atoms with Gasteiger partial charge in [-0.05, 0) is 29.8 Å². The standard InChI is InChI=1S/C18H17NO6/c1-23-13-8-7-12-15(16(13)24-2)18(22)25-17(12)19-11-5-3-10(4-6-11)9-14(20)21/h3-8,17,19H,9H2,1-2H3,(H,20,21)/p-1/t17-/m0/s1. The van der Waals surface area contributed by atoms with E-state index in [1.165, 1.54) is 14.2 Å². The van der Waals surface area contributed by atoms with E-state index >= 15 is 0 Å². The van der Waals surface area contributed by atoms with Crippen LogP contribution in [-0.2, 0) is 16.0 Å². The Balaban J connectivity index is 1.85. The minimum atomic E-state index is -1.14. The molecule has 7 heteroatoms. The third-order valence-corrected chi connectivity index (χ3v) is 3.89. The number of carboxylic acids is 1. The number of benzene rings is 2. The number of anilines is 1. The van der Waals surface area contributed by atoms with Crippen LogP contribution < -0.4 is 19.9 Å². The van der Waals surface area contributed by atoms with Crippen LogP contribution in [0.25, 0.3) is 0 Å². The topological polar surface area (TPSA) is 96.9 Å². The lowest BCUT2D eigenvalue weighted by Gasteiger charge is -2.15. The number of nitrogens with one attached hydrogen (secondary N) is 1. The van der Waals surface area contributed by atoms with E-state index in [2.05, 4.69) is 5.32 Å². The number of esters is 1. The highest BCUT2D eigenvalue weighted by molar-refractivity contribution is 5.98. The first kappa shape index (κ1) is 16.6. The lowest BCUT2D eigenvalue weighted by atomic mass is 10.1. The Bertz CT molecular complexity index is 815. The molecule has 25 heavy (non-hydrogen) atoms. The molecule has 1 aliphatic rings. The number of hydrogen-bond donors (Lipinski definition) is 1. The smallest absolute Gasteiger partial charge is 0.344 e. The van der Waals surface area contributed by atoms with Crippen LogP contribution in [-0.4, -0.2) is 26.2 Å². The molecule has 2 aromatic rings. The van der Waals surface area contributed by atoms with Gasteiger partial charge < -0.3 is 29.4 Å². The molecule has 0 bridgehead atoms. The number of carboxylic acid groups (broad SMARTS) is 1. The molecule has 0 fully saturated rings. The second-order valence-electron chi connectivity index (χ2n) is 5.44. The number of hydrogen-bond acceptors (Lipinski definition) is 7. The molecule has 0 saturated carbocycles. The van der Waals surface area contributed by atoms with Crippen LogP contribution in [0.3, 0.4) is 0 Å². The zero-order chi connectivity index (χ0) is 18.0. The summed E-state index contributed by atoms with van der Waals surface area (Å²) in [5.41, 5.74) is 2.28. The summed E-state index contributed by atoms with van der Waals surface area (Å²) in [6.07, 6.45) is -0.826. The fourth-order valence-corrected chi connectivity index (χ4v) is 2.74. The van der Waals surface area contributed by atoms with Gasteiger partial charge in [-0.1, -0.05) is 12.1 Å². The van der Waals surface area contributed by atoms with Gasteiger partial charge in [-0.2, -0.15) is 0 Å². The van der Waals surface area contributed by atoms with E-state index in [-0.39, 0.29) is 6.42 Å². The highest BCUT2D eigenvalue weighted by atomic mass is 16.6. The van der Waals surface area contributed by atoms with Gasteiger partial charge in [-0.25, -0.2) is 4.79 Å². The molecule has 0 radical (unpaired) electrons. The summed E-state index contributed by atoms with van der Waals surface area (Å²) in [5, 5.41) is 13.7. The van der Waals surface area contributed by atoms with Gasteiger partial charge in [-0.15, -0.1) is 0 Å². The van der Waals surface area contributed by atoms with Gasteiger partial charge >= 0.3 is 5.97 Å². The highest BCUT2D eigenvalue weighted by Gasteiger charge is 2.35. The number of cyclic esters (lactones) is 1. The lowest BCUT2D eigenvalue weighted by molar-refractivity contribution is -0.304. The molecule has 0 spiro atoms. The number of aliphatic carboxylic acids is 1. The summed E-state index contributed by atoms with van der Waals surface area (Å²) in [5.74, 6) is -0.860. The van der Waals surface area contributed by atoms with Crippen LogP contribution in [0.2, 0.25) is 0 Å². The van der Waals surface area contributed by atoms with E-state index in [4.69, 9.17) is 14.2 Å². The summed E-state index contributed by atoms with van der Waals surface area (Å²) in [6, 6.07) is 10.2. The first-order valence-corrected chi connectivity index (χ1v) is 7.54. The fourth-order valence-electron chi connectivity index (χ4n) is 2.74. The van der Waals surface area contributed by atoms with E-state index in [0.717, 1.165) is 0 Å². The summed E-state index contributed by atoms with van der Waals surface area (Å²) in [6.45, 7) is 0. The van der Waals surface area contributed by atoms with E-state index in [9.17, 15) is 14.7 Å². The minimum absolute atomic E-state index is 0.154. The largest absolute Gasteiger partial charge is 0.550 e. The predicted octanol–water partition coefficient (Wildman–Crippen LogP) is 1.28. The third kappa shape index (κ3) is 3.21. The molecule has 0 amide bonds. The molecule has 2 aromatic carbocycles. The quantitative estimate of drug-likeness (QED) is 0.790. The van der Waals surface area contributed by atoms with Crippen molar-refractivity contribution in [3.8, 4) is 11.5 Å². The molecule has 0 aliphatic carbocycles. The molecule has 0 unspecified atom stereocenters. The number of carbonyl (C=O) groups excluding carboxylic acids is 2. The van der Waals surface area contributed by atoms with Gasteiger partial charge in [0, 0.05) is 23.6 Å². The first-order valence-electron chi connectivity index (χ1n) is 7.54. The Kier molecular flexibility index (Phi) is 4.47. The van der Waals surface area contributed by atoms with Crippen molar-refractivity contribution in [1.29, 1.82) is 0 Å². The number of rotatable bonds is 6. The molecule has 3 rings (SSSR count). The van der Waals surface area contributed by atoms with Crippen molar-refractivity contribution in [1.82, 2.24) is 0 Å². The molecule has 7 nitrogen and oxygen atoms in total. The Morgan fingerprint density at radius 1 is 1.16 bits per heavy atom. The van der Waals surface area contributed by atoms with Gasteiger partial charge in [0.2, 0.25) is 6.23 Å². The van der Waals surface area contributed by atoms with Crippen LogP contribution in [0.15, 0.2) is 36.4 Å². The SMILES string of the molecule is COc1ccc2c(c1OC)C(=O)O[C@@H]2Nc1ccc(CC(=O)[O-])cc1. The van der Waals surface area contributed by atoms with Crippen molar-refractivity contribution in [3.05, 3.63) is 53.1 Å². The highest BCUT2D eigenvalue weighted by Crippen LogP contribution is 2.41. The van der Waals surface area contributed by atoms with Gasteiger partial charge in [0.25, 0.3) is 0 Å². The van der Waals surface area contributed by atoms with Gasteiger partial charge in [0.1, 0.15) is 5.56 Å². The maximum absolute atomic E-state index is 12.2. The summed E-state index contributed by atoms with van der Waals surface area (Å²) < 4.78 is 15.9. The van der Waals surface area contributed by atoms with Crippen LogP contribution >= 0.6 is 0 Å². The first-order chi connectivity index (χ1) is 12.0. The molecule has 1 aliphatic heterocycles. The number of carbonyl (C=O) groups is 2. The Morgan fingerprint density at radius 3 is 2.48 bits per heavy atom. The van der Waals surface area contributed by atoms with Crippen LogP contribution in [0.4, 0.5) is 5.69 Å². The Morgan fingerprint density at radius 2 is 1.88 bits per heavy atom. The molecule has 1 atom stereocenters. The predicted molar refractivity (Wildman–Crippen MR) is 86.5 cm³/mol. The van der Waals surface area contributed by atoms with Gasteiger partial charge in [-0.3, -0.25) is 0 Å². The zero-order valence-electron chi connectivity index (χ0n) is 13.7. The van der Waals surface area contributed by atoms with Crippen molar-refractivity contribution in [2.75, 3.05) is 19.5 Å². The molecule has 1 heterocycles. The molecule has 130 valence electrons. The average Bonchev–Trinajstić information content (AvgIpc) is 2.91. The van der Waals surface area contributed by atoms with Crippen molar-refractivity contribution in [2.45, 2.75) is 12.6 Å². The number of methoxy groups -OCH3 is 2. The molecule has 1 N–H and O–H groups in total. The zero-order valence-corrected chi connectivity index (χ0v) is 13.7. The van der Waals surface area contributed by atoms with Crippen molar-refractivity contribution in [2.24, 2.45) is 0 Å². The van der Waals surface area contributed by atoms with Crippen molar-refractivity contribution < 1.29 is 28.9 Å². The number of fused-ring (bicyclic) bond motifs is 1. The second-order valence-corrected chi connectivity index (χ2v) is 5.44. The molecule has 0 saturated heterocycles. The Labute approximate surface area is 144 Å². The summed E-state index contributed by atoms with van der Waals surface area (Å²) in [4.78, 5) is 22.8. The van der Waals surface area contributed by atoms with Crippen LogP contribution in [0.1, 0.15) is 27.7 Å². The average molecular weight is 342 g/mol. The Hall–Kier alpha value is -3.22. The summed E-state index contributed by atoms with van der Waals surface area (Å²) >= 11 is 0. The second kappa shape index (κ2) is 6.72. The van der Waals surface area contributed by atoms with E-state index in [1.54, 1.807) is 36.4 Å². The van der Waals surface area contributed by atoms with E-state index < -0.39 is 18.2 Å². The fraction of sp³-hybridized carbons (Fsp3) is 0.222. The van der Waals surface area contributed by atoms with Crippen LogP contribution in [0, 0.1) is 0 Å².